The zero-order valence-electron chi connectivity index (χ0n) is 6.40. The van der Waals surface area contributed by atoms with E-state index < -0.39 is 0 Å². The number of hydrogen-bond acceptors (Lipinski definition) is 3. The Bertz CT molecular complexity index is 209. The molecule has 0 aliphatic heterocycles. The van der Waals surface area contributed by atoms with Crippen LogP contribution in [0.5, 0.6) is 0 Å². The maximum absolute atomic E-state index is 5.01. The minimum Gasteiger partial charge on any atom is -0.374 e. The summed E-state index contributed by atoms with van der Waals surface area (Å²) >= 11 is 0. The summed E-state index contributed by atoms with van der Waals surface area (Å²) in [5, 5.41) is 4.06. The second-order valence-electron chi connectivity index (χ2n) is 2.15. The molecule has 0 saturated carbocycles. The lowest BCUT2D eigenvalue weighted by Gasteiger charge is -2.01. The first-order valence-electron chi connectivity index (χ1n) is 3.12. The van der Waals surface area contributed by atoms with Crippen LogP contribution in [0, 0.1) is 0 Å². The maximum Gasteiger partial charge on any atom is 0.179 e. The number of ether oxygens (including phenoxy) is 1. The molecule has 0 saturated heterocycles. The Kier molecular flexibility index (Phi) is 2.01. The van der Waals surface area contributed by atoms with Gasteiger partial charge in [0.1, 0.15) is 12.4 Å². The molecule has 1 aromatic heterocycles. The molecule has 1 rings (SSSR count). The highest BCUT2D eigenvalue weighted by atomic mass is 16.5. The molecule has 0 fully saturated rings. The number of aryl methyl sites for hydroxylation is 1. The van der Waals surface area contributed by atoms with Crippen molar-refractivity contribution >= 4 is 0 Å². The Morgan fingerprint density at radius 1 is 1.70 bits per heavy atom. The van der Waals surface area contributed by atoms with Gasteiger partial charge in [-0.25, -0.2) is 4.98 Å². The van der Waals surface area contributed by atoms with E-state index in [9.17, 15) is 0 Å². The van der Waals surface area contributed by atoms with Gasteiger partial charge in [-0.2, -0.15) is 5.10 Å². The van der Waals surface area contributed by atoms with Crippen molar-refractivity contribution in [2.24, 2.45) is 7.05 Å². The molecule has 4 nitrogen and oxygen atoms in total. The van der Waals surface area contributed by atoms with Crippen LogP contribution in [0.25, 0.3) is 0 Å². The molecule has 0 N–H and O–H groups in total. The maximum atomic E-state index is 5.01. The second kappa shape index (κ2) is 2.79. The van der Waals surface area contributed by atoms with Gasteiger partial charge in [0.25, 0.3) is 0 Å². The van der Waals surface area contributed by atoms with Gasteiger partial charge in [0.15, 0.2) is 5.82 Å². The molecule has 0 radical (unpaired) electrons. The summed E-state index contributed by atoms with van der Waals surface area (Å²) < 4.78 is 6.67. The quantitative estimate of drug-likeness (QED) is 0.603. The molecule has 0 aromatic carbocycles. The Balaban J connectivity index is 2.74. The number of nitrogens with zero attached hydrogens (tertiary/aromatic N) is 3. The van der Waals surface area contributed by atoms with Crippen molar-refractivity contribution in [3.8, 4) is 0 Å². The van der Waals surface area contributed by atoms with Crippen LogP contribution < -0.4 is 0 Å². The van der Waals surface area contributed by atoms with Gasteiger partial charge in [-0.15, -0.1) is 0 Å². The lowest BCUT2D eigenvalue weighted by atomic mass is 10.4. The zero-order valence-corrected chi connectivity index (χ0v) is 6.40. The largest absolute Gasteiger partial charge is 0.374 e. The molecular weight excluding hydrogens is 130 g/mol. The minimum atomic E-state index is -0.0128. The van der Waals surface area contributed by atoms with Crippen molar-refractivity contribution < 1.29 is 4.74 Å². The topological polar surface area (TPSA) is 39.9 Å². The van der Waals surface area contributed by atoms with Gasteiger partial charge < -0.3 is 4.74 Å². The second-order valence-corrected chi connectivity index (χ2v) is 2.15. The van der Waals surface area contributed by atoms with E-state index in [0.29, 0.717) is 0 Å². The van der Waals surface area contributed by atoms with Gasteiger partial charge in [-0.1, -0.05) is 0 Å². The molecule has 0 spiro atoms. The molecule has 1 heterocycles. The third-order valence-corrected chi connectivity index (χ3v) is 1.33. The smallest absolute Gasteiger partial charge is 0.179 e. The third kappa shape index (κ3) is 1.33. The van der Waals surface area contributed by atoms with Crippen molar-refractivity contribution in [2.75, 3.05) is 7.11 Å². The molecule has 1 unspecified atom stereocenters. The van der Waals surface area contributed by atoms with Crippen molar-refractivity contribution in [3.05, 3.63) is 12.2 Å². The minimum absolute atomic E-state index is 0.0128. The van der Waals surface area contributed by atoms with E-state index in [1.165, 1.54) is 0 Å². The molecular formula is C6H11N3O. The van der Waals surface area contributed by atoms with E-state index in [1.807, 2.05) is 14.0 Å². The number of methoxy groups -OCH3 is 1. The molecule has 1 atom stereocenters. The number of rotatable bonds is 2. The highest BCUT2D eigenvalue weighted by molar-refractivity contribution is 4.85. The van der Waals surface area contributed by atoms with Crippen molar-refractivity contribution in [1.29, 1.82) is 0 Å². The first-order chi connectivity index (χ1) is 4.74. The Morgan fingerprint density at radius 2 is 2.40 bits per heavy atom. The SMILES string of the molecule is COC(C)c1ncn(C)n1. The van der Waals surface area contributed by atoms with Crippen LogP contribution in [0.3, 0.4) is 0 Å². The van der Waals surface area contributed by atoms with Gasteiger partial charge >= 0.3 is 0 Å². The highest BCUT2D eigenvalue weighted by Gasteiger charge is 2.06. The molecule has 1 aromatic rings. The number of hydrogen-bond donors (Lipinski definition) is 0. The van der Waals surface area contributed by atoms with Crippen LogP contribution in [0.15, 0.2) is 6.33 Å². The normalized spacial score (nSPS) is 13.5. The Labute approximate surface area is 59.8 Å². The van der Waals surface area contributed by atoms with Gasteiger partial charge in [0, 0.05) is 14.2 Å². The fraction of sp³-hybridized carbons (Fsp3) is 0.667. The summed E-state index contributed by atoms with van der Waals surface area (Å²) in [5.74, 6) is 0.727. The third-order valence-electron chi connectivity index (χ3n) is 1.33. The molecule has 0 amide bonds. The van der Waals surface area contributed by atoms with E-state index in [4.69, 9.17) is 4.74 Å². The molecule has 0 bridgehead atoms. The van der Waals surface area contributed by atoms with Crippen molar-refractivity contribution in [1.82, 2.24) is 14.8 Å². The van der Waals surface area contributed by atoms with E-state index in [2.05, 4.69) is 10.1 Å². The fourth-order valence-electron chi connectivity index (χ4n) is 0.648. The summed E-state index contributed by atoms with van der Waals surface area (Å²) in [6.45, 7) is 1.91. The van der Waals surface area contributed by atoms with Crippen molar-refractivity contribution in [2.45, 2.75) is 13.0 Å². The molecule has 0 aliphatic carbocycles. The Hall–Kier alpha value is -0.900. The predicted octanol–water partition coefficient (Wildman–Crippen LogP) is 0.522. The predicted molar refractivity (Wildman–Crippen MR) is 36.4 cm³/mol. The van der Waals surface area contributed by atoms with Gasteiger partial charge in [-0.05, 0) is 6.92 Å². The van der Waals surface area contributed by atoms with Crippen LogP contribution in [0.1, 0.15) is 18.9 Å². The van der Waals surface area contributed by atoms with Crippen LogP contribution in [0.4, 0.5) is 0 Å². The van der Waals surface area contributed by atoms with Crippen LogP contribution >= 0.6 is 0 Å². The first kappa shape index (κ1) is 7.21. The lowest BCUT2D eigenvalue weighted by molar-refractivity contribution is 0.112. The molecule has 10 heavy (non-hydrogen) atoms. The van der Waals surface area contributed by atoms with Gasteiger partial charge in [-0.3, -0.25) is 4.68 Å². The molecule has 0 aliphatic rings. The standard InChI is InChI=1S/C6H11N3O/c1-5(10-3)6-7-4-9(2)8-6/h4-5H,1-3H3. The van der Waals surface area contributed by atoms with Crippen LogP contribution in [-0.4, -0.2) is 21.9 Å². The Morgan fingerprint density at radius 3 is 2.80 bits per heavy atom. The van der Waals surface area contributed by atoms with E-state index >= 15 is 0 Å². The first-order valence-corrected chi connectivity index (χ1v) is 3.12. The van der Waals surface area contributed by atoms with Gasteiger partial charge in [0.05, 0.1) is 0 Å². The van der Waals surface area contributed by atoms with E-state index in [-0.39, 0.29) is 6.10 Å². The van der Waals surface area contributed by atoms with E-state index in [0.717, 1.165) is 5.82 Å². The summed E-state index contributed by atoms with van der Waals surface area (Å²) in [4.78, 5) is 4.01. The van der Waals surface area contributed by atoms with Crippen LogP contribution in [-0.2, 0) is 11.8 Å². The number of aromatic nitrogens is 3. The van der Waals surface area contributed by atoms with Gasteiger partial charge in [0.2, 0.25) is 0 Å². The van der Waals surface area contributed by atoms with E-state index in [1.54, 1.807) is 18.1 Å². The van der Waals surface area contributed by atoms with Crippen molar-refractivity contribution in [3.63, 3.8) is 0 Å². The highest BCUT2D eigenvalue weighted by Crippen LogP contribution is 2.07. The summed E-state index contributed by atoms with van der Waals surface area (Å²) in [7, 11) is 3.47. The van der Waals surface area contributed by atoms with Crippen LogP contribution in [0.2, 0.25) is 0 Å². The average Bonchev–Trinajstić information content (AvgIpc) is 2.34. The fourth-order valence-corrected chi connectivity index (χ4v) is 0.648. The monoisotopic (exact) mass is 141 g/mol. The summed E-state index contributed by atoms with van der Waals surface area (Å²) in [6.07, 6.45) is 1.64. The molecule has 4 heteroatoms. The molecule has 56 valence electrons. The summed E-state index contributed by atoms with van der Waals surface area (Å²) in [6, 6.07) is 0. The lowest BCUT2D eigenvalue weighted by Crippen LogP contribution is -1.99. The average molecular weight is 141 g/mol. The zero-order chi connectivity index (χ0) is 7.56. The summed E-state index contributed by atoms with van der Waals surface area (Å²) in [5.41, 5.74) is 0.